The van der Waals surface area contributed by atoms with Crippen LogP contribution in [0.25, 0.3) is 11.0 Å². The van der Waals surface area contributed by atoms with E-state index in [4.69, 9.17) is 19.2 Å². The van der Waals surface area contributed by atoms with Crippen molar-refractivity contribution in [1.29, 1.82) is 0 Å². The zero-order valence-corrected chi connectivity index (χ0v) is 30.6. The Hall–Kier alpha value is -3.73. The lowest BCUT2D eigenvalue weighted by Gasteiger charge is -2.49. The molecule has 1 saturated carbocycles. The predicted molar refractivity (Wildman–Crippen MR) is 194 cm³/mol. The van der Waals surface area contributed by atoms with Crippen LogP contribution < -0.4 is 15.8 Å². The number of rotatable bonds is 10. The number of ketones is 1. The van der Waals surface area contributed by atoms with Crippen molar-refractivity contribution in [3.8, 4) is 0 Å². The van der Waals surface area contributed by atoms with E-state index in [1.165, 1.54) is 6.92 Å². The fraction of sp³-hybridized carbons (Fsp3) is 0.639. The Morgan fingerprint density at radius 1 is 0.891 bits per heavy atom. The highest BCUT2D eigenvalue weighted by Gasteiger charge is 2.51. The number of nitrogens with one attached hydrogen (secondary N) is 1. The van der Waals surface area contributed by atoms with Gasteiger partial charge in [-0.25, -0.2) is 9.97 Å². The molecule has 3 aromatic rings. The quantitative estimate of drug-likeness (QED) is 0.107. The first-order valence-corrected chi connectivity index (χ1v) is 18.6. The van der Waals surface area contributed by atoms with Gasteiger partial charge < -0.3 is 60.2 Å². The molecule has 3 aliphatic heterocycles. The van der Waals surface area contributed by atoms with Crippen molar-refractivity contribution in [2.75, 3.05) is 49.6 Å². The summed E-state index contributed by atoms with van der Waals surface area (Å²) in [5.74, 6) is 0.462. The smallest absolute Gasteiger partial charge is 0.263 e. The summed E-state index contributed by atoms with van der Waals surface area (Å²) in [4.78, 5) is 43.7. The van der Waals surface area contributed by atoms with Gasteiger partial charge in [-0.15, -0.1) is 0 Å². The average Bonchev–Trinajstić information content (AvgIpc) is 3.72. The summed E-state index contributed by atoms with van der Waals surface area (Å²) in [6.45, 7) is 3.73. The Labute approximate surface area is 315 Å². The van der Waals surface area contributed by atoms with Gasteiger partial charge in [0.1, 0.15) is 66.5 Å². The van der Waals surface area contributed by atoms with Crippen molar-refractivity contribution in [3.63, 3.8) is 0 Å². The van der Waals surface area contributed by atoms with Crippen LogP contribution in [0.3, 0.4) is 0 Å². The van der Waals surface area contributed by atoms with Crippen LogP contribution in [0, 0.1) is 6.92 Å². The molecule has 4 aliphatic rings. The van der Waals surface area contributed by atoms with E-state index >= 15 is 0 Å². The minimum absolute atomic E-state index is 0.0422. The van der Waals surface area contributed by atoms with Crippen LogP contribution in [0.1, 0.15) is 54.6 Å². The number of carbonyl (C=O) groups is 1. The Bertz CT molecular complexity index is 1880. The minimum atomic E-state index is -1.74. The molecule has 0 amide bonds. The maximum absolute atomic E-state index is 13.5. The van der Waals surface area contributed by atoms with Gasteiger partial charge in [0.05, 0.1) is 30.7 Å². The van der Waals surface area contributed by atoms with Crippen LogP contribution in [0.4, 0.5) is 17.5 Å². The van der Waals surface area contributed by atoms with Crippen LogP contribution in [0.2, 0.25) is 0 Å². The van der Waals surface area contributed by atoms with E-state index in [1.807, 2.05) is 11.0 Å². The molecule has 19 nitrogen and oxygen atoms in total. The summed E-state index contributed by atoms with van der Waals surface area (Å²) in [5.41, 5.74) is 1.72. The number of fused-ring (bicyclic) bond motifs is 1. The van der Waals surface area contributed by atoms with Crippen LogP contribution in [-0.2, 0) is 14.2 Å². The van der Waals surface area contributed by atoms with Gasteiger partial charge in [-0.3, -0.25) is 19.1 Å². The van der Waals surface area contributed by atoms with Crippen molar-refractivity contribution in [3.05, 3.63) is 46.0 Å². The first-order valence-electron chi connectivity index (χ1n) is 18.6. The third kappa shape index (κ3) is 7.58. The van der Waals surface area contributed by atoms with E-state index in [-0.39, 0.29) is 28.9 Å². The topological polar surface area (TPSA) is 266 Å². The van der Waals surface area contributed by atoms with Gasteiger partial charge in [0.25, 0.3) is 5.56 Å². The minimum Gasteiger partial charge on any atom is -0.394 e. The number of aliphatic hydroxyl groups excluding tert-OH is 7. The zero-order chi connectivity index (χ0) is 39.1. The number of pyridine rings is 2. The summed E-state index contributed by atoms with van der Waals surface area (Å²) < 4.78 is 18.7. The summed E-state index contributed by atoms with van der Waals surface area (Å²) in [6.07, 6.45) is -7.50. The molecule has 0 spiro atoms. The monoisotopic (exact) mass is 771 g/mol. The van der Waals surface area contributed by atoms with Gasteiger partial charge in [0.15, 0.2) is 12.1 Å². The maximum atomic E-state index is 13.5. The molecule has 4 fully saturated rings. The van der Waals surface area contributed by atoms with Gasteiger partial charge >= 0.3 is 0 Å². The number of Topliss-reactive ketones (excluding diaryl/α,β-unsaturated/α-hetero) is 1. The molecule has 3 saturated heterocycles. The standard InChI is InChI=1S/C36H49N7O12/c1-17-21-14-38-36(40-32(21)43(19-5-3-4-6-19)33(52)25(17)18(2)46)39-24-8-7-20(13-37-24)41-9-11-42(12-10-41)34-29(50)28(49)31(23(16-45)53-34)55-35-30(51)27(48)26(47)22(15-44)54-35/h7-8,13-14,19,22-23,26-31,34-35,44-45,47-51H,3-6,9-12,15-16H2,1-2H3,(H,37,38,39,40)/t22-,23-,26+,27+,28-,29-,30-,31-,34+,35+/m1/s1. The van der Waals surface area contributed by atoms with Gasteiger partial charge in [-0.2, -0.15) is 4.98 Å². The van der Waals surface area contributed by atoms with Gasteiger partial charge in [-0.1, -0.05) is 12.8 Å². The normalized spacial score (nSPS) is 32.3. The van der Waals surface area contributed by atoms with Gasteiger partial charge in [0, 0.05) is 43.8 Å². The fourth-order valence-corrected chi connectivity index (χ4v) is 8.18. The molecular formula is C36H49N7O12. The summed E-state index contributed by atoms with van der Waals surface area (Å²) in [6, 6.07) is 3.64. The summed E-state index contributed by atoms with van der Waals surface area (Å²) in [7, 11) is 0. The van der Waals surface area contributed by atoms with E-state index in [2.05, 4.69) is 20.2 Å². The number of hydrogen-bond donors (Lipinski definition) is 8. The van der Waals surface area contributed by atoms with Crippen molar-refractivity contribution in [2.24, 2.45) is 0 Å². The molecule has 0 aromatic carbocycles. The van der Waals surface area contributed by atoms with E-state index in [1.54, 1.807) is 30.0 Å². The molecule has 1 aliphatic carbocycles. The Balaban J connectivity index is 0.985. The van der Waals surface area contributed by atoms with Gasteiger partial charge in [-0.05, 0) is 44.4 Å². The lowest BCUT2D eigenvalue weighted by Crippen LogP contribution is -2.67. The molecule has 6 heterocycles. The van der Waals surface area contributed by atoms with Gasteiger partial charge in [0.2, 0.25) is 5.95 Å². The van der Waals surface area contributed by atoms with E-state index in [9.17, 15) is 45.3 Å². The Kier molecular flexibility index (Phi) is 11.8. The molecule has 3 aromatic heterocycles. The number of aromatic nitrogens is 4. The van der Waals surface area contributed by atoms with Crippen LogP contribution in [-0.4, -0.2) is 167 Å². The highest BCUT2D eigenvalue weighted by molar-refractivity contribution is 5.99. The second kappa shape index (κ2) is 16.4. The van der Waals surface area contributed by atoms with Crippen LogP contribution in [0.15, 0.2) is 29.3 Å². The fourth-order valence-electron chi connectivity index (χ4n) is 8.18. The molecule has 19 heteroatoms. The SMILES string of the molecule is CC(=O)c1c(C)c2cnc(Nc3ccc(N4CCN([C@H]5O[C@H](CO)[C@@H](O[C@@H]6O[C@H](CO)[C@H](O)[C@H](O)[C@H]6O)[C@H](O)[C@H]5O)CC4)cn3)nc2n(C2CCCC2)c1=O. The number of hydrogen-bond acceptors (Lipinski definition) is 18. The molecule has 8 N–H and O–H groups in total. The third-order valence-corrected chi connectivity index (χ3v) is 11.3. The zero-order valence-electron chi connectivity index (χ0n) is 30.6. The highest BCUT2D eigenvalue weighted by Crippen LogP contribution is 2.33. The first-order chi connectivity index (χ1) is 26.4. The van der Waals surface area contributed by atoms with Crippen molar-refractivity contribution < 1.29 is 54.8 Å². The number of aliphatic hydroxyl groups is 7. The lowest BCUT2D eigenvalue weighted by molar-refractivity contribution is -0.349. The number of aryl methyl sites for hydroxylation is 1. The number of piperazine rings is 1. The number of carbonyl (C=O) groups excluding carboxylic acids is 1. The van der Waals surface area contributed by atoms with Crippen LogP contribution in [0.5, 0.6) is 0 Å². The second-order valence-electron chi connectivity index (χ2n) is 14.7. The molecule has 0 unspecified atom stereocenters. The molecular weight excluding hydrogens is 722 g/mol. The van der Waals surface area contributed by atoms with E-state index in [0.717, 1.165) is 31.4 Å². The molecule has 300 valence electrons. The molecule has 7 rings (SSSR count). The predicted octanol–water partition coefficient (Wildman–Crippen LogP) is -1.70. The van der Waals surface area contributed by atoms with Crippen molar-refractivity contribution in [2.45, 2.75) is 107 Å². The van der Waals surface area contributed by atoms with E-state index < -0.39 is 74.6 Å². The Morgan fingerprint density at radius 3 is 2.24 bits per heavy atom. The average molecular weight is 772 g/mol. The van der Waals surface area contributed by atoms with E-state index in [0.29, 0.717) is 48.6 Å². The Morgan fingerprint density at radius 2 is 1.60 bits per heavy atom. The van der Waals surface area contributed by atoms with Crippen molar-refractivity contribution in [1.82, 2.24) is 24.4 Å². The third-order valence-electron chi connectivity index (χ3n) is 11.3. The summed E-state index contributed by atoms with van der Waals surface area (Å²) >= 11 is 0. The van der Waals surface area contributed by atoms with Crippen molar-refractivity contribution >= 4 is 34.3 Å². The molecule has 10 atom stereocenters. The largest absolute Gasteiger partial charge is 0.394 e. The molecule has 0 radical (unpaired) electrons. The second-order valence-corrected chi connectivity index (χ2v) is 14.7. The number of nitrogens with zero attached hydrogens (tertiary/aromatic N) is 6. The molecule has 0 bridgehead atoms. The van der Waals surface area contributed by atoms with Crippen LogP contribution >= 0.6 is 0 Å². The lowest BCUT2D eigenvalue weighted by atomic mass is 9.96. The maximum Gasteiger partial charge on any atom is 0.263 e. The first kappa shape index (κ1) is 39.5. The molecule has 55 heavy (non-hydrogen) atoms. The highest BCUT2D eigenvalue weighted by atomic mass is 16.7. The number of anilines is 3. The number of ether oxygens (including phenoxy) is 3. The summed E-state index contributed by atoms with van der Waals surface area (Å²) in [5, 5.41) is 76.2.